The predicted molar refractivity (Wildman–Crippen MR) is 109 cm³/mol. The number of aryl methyl sites for hydroxylation is 1. The first kappa shape index (κ1) is 20.0. The van der Waals surface area contributed by atoms with Gasteiger partial charge in [-0.2, -0.15) is 11.8 Å². The van der Waals surface area contributed by atoms with Crippen LogP contribution in [0.1, 0.15) is 24.8 Å². The molecule has 2 fully saturated rings. The molecule has 2 saturated heterocycles. The van der Waals surface area contributed by atoms with Crippen molar-refractivity contribution < 1.29 is 14.3 Å². The van der Waals surface area contributed by atoms with E-state index in [2.05, 4.69) is 15.5 Å². The van der Waals surface area contributed by atoms with Crippen LogP contribution in [0.15, 0.2) is 18.2 Å². The van der Waals surface area contributed by atoms with E-state index in [9.17, 15) is 9.59 Å². The number of methoxy groups -OCH3 is 1. The first-order chi connectivity index (χ1) is 13.1. The summed E-state index contributed by atoms with van der Waals surface area (Å²) in [5, 5.41) is 5.44. The van der Waals surface area contributed by atoms with Gasteiger partial charge in [-0.3, -0.25) is 14.5 Å². The van der Waals surface area contributed by atoms with Gasteiger partial charge in [0.2, 0.25) is 0 Å². The number of carbonyl (C=O) groups excluding carboxylic acids is 2. The van der Waals surface area contributed by atoms with Crippen LogP contribution in [0.2, 0.25) is 0 Å². The van der Waals surface area contributed by atoms with E-state index in [0.717, 1.165) is 37.5 Å². The van der Waals surface area contributed by atoms with Gasteiger partial charge in [0.1, 0.15) is 5.75 Å². The number of likely N-dealkylation sites (tertiary alicyclic amines) is 1. The molecule has 7 heteroatoms. The molecule has 1 aromatic carbocycles. The number of rotatable bonds is 5. The van der Waals surface area contributed by atoms with Gasteiger partial charge in [-0.1, -0.05) is 6.07 Å². The maximum absolute atomic E-state index is 12.2. The molecule has 0 aromatic heterocycles. The van der Waals surface area contributed by atoms with Crippen LogP contribution in [0.5, 0.6) is 5.75 Å². The van der Waals surface area contributed by atoms with Gasteiger partial charge in [0.05, 0.1) is 12.8 Å². The van der Waals surface area contributed by atoms with Crippen LogP contribution in [0.25, 0.3) is 0 Å². The Balaban J connectivity index is 1.43. The minimum atomic E-state index is -0.653. The molecule has 0 spiro atoms. The number of benzene rings is 1. The molecule has 2 amide bonds. The van der Waals surface area contributed by atoms with Gasteiger partial charge in [-0.05, 0) is 68.6 Å². The summed E-state index contributed by atoms with van der Waals surface area (Å²) < 4.78 is 5.24. The summed E-state index contributed by atoms with van der Waals surface area (Å²) in [6.45, 7) is 4.67. The normalized spacial score (nSPS) is 21.0. The highest BCUT2D eigenvalue weighted by Gasteiger charge is 2.28. The van der Waals surface area contributed by atoms with Crippen molar-refractivity contribution in [2.45, 2.75) is 32.2 Å². The third-order valence-electron chi connectivity index (χ3n) is 5.43. The van der Waals surface area contributed by atoms with Crippen molar-refractivity contribution in [1.82, 2.24) is 10.2 Å². The van der Waals surface area contributed by atoms with Gasteiger partial charge in [0, 0.05) is 18.3 Å². The van der Waals surface area contributed by atoms with Gasteiger partial charge in [0.25, 0.3) is 0 Å². The second-order valence-electron chi connectivity index (χ2n) is 7.36. The number of ether oxygens (including phenoxy) is 1. The Morgan fingerprint density at radius 1 is 1.22 bits per heavy atom. The molecule has 0 aliphatic carbocycles. The van der Waals surface area contributed by atoms with Crippen LogP contribution in [-0.2, 0) is 9.59 Å². The van der Waals surface area contributed by atoms with Gasteiger partial charge in [-0.25, -0.2) is 0 Å². The number of nitrogens with one attached hydrogen (secondary N) is 2. The van der Waals surface area contributed by atoms with Crippen molar-refractivity contribution in [3.63, 3.8) is 0 Å². The van der Waals surface area contributed by atoms with Crippen LogP contribution < -0.4 is 15.4 Å². The predicted octanol–water partition coefficient (Wildman–Crippen LogP) is 2.28. The van der Waals surface area contributed by atoms with E-state index in [4.69, 9.17) is 4.74 Å². The van der Waals surface area contributed by atoms with Crippen molar-refractivity contribution >= 4 is 29.3 Å². The Kier molecular flexibility index (Phi) is 7.01. The molecule has 0 bridgehead atoms. The molecule has 0 saturated carbocycles. The number of hydrogen-bond donors (Lipinski definition) is 2. The van der Waals surface area contributed by atoms with E-state index >= 15 is 0 Å². The lowest BCUT2D eigenvalue weighted by atomic mass is 9.95. The van der Waals surface area contributed by atoms with Crippen molar-refractivity contribution in [2.75, 3.05) is 43.6 Å². The lowest BCUT2D eigenvalue weighted by Gasteiger charge is -2.35. The van der Waals surface area contributed by atoms with Crippen LogP contribution in [0.3, 0.4) is 0 Å². The highest BCUT2D eigenvalue weighted by molar-refractivity contribution is 7.99. The van der Waals surface area contributed by atoms with Crippen LogP contribution in [0.4, 0.5) is 5.69 Å². The third-order valence-corrected chi connectivity index (χ3v) is 6.58. The number of carbonyl (C=O) groups is 2. The molecule has 3 rings (SSSR count). The molecular weight excluding hydrogens is 362 g/mol. The smallest absolute Gasteiger partial charge is 0.313 e. The standard InChI is InChI=1S/C20H29N3O3S/c1-14-3-4-18(26-2)17(11-14)22-20(25)19(24)21-12-15-5-8-23(9-6-15)16-7-10-27-13-16/h3-4,11,15-16H,5-10,12-13H2,1-2H3,(H,21,24)(H,22,25). The van der Waals surface area contributed by atoms with E-state index in [1.165, 1.54) is 25.0 Å². The summed E-state index contributed by atoms with van der Waals surface area (Å²) in [5.41, 5.74) is 1.50. The summed E-state index contributed by atoms with van der Waals surface area (Å²) in [4.78, 5) is 27.0. The molecule has 2 aliphatic rings. The van der Waals surface area contributed by atoms with Crippen molar-refractivity contribution in [3.8, 4) is 5.75 Å². The molecule has 1 atom stereocenters. The fourth-order valence-corrected chi connectivity index (χ4v) is 5.00. The quantitative estimate of drug-likeness (QED) is 0.754. The van der Waals surface area contributed by atoms with E-state index in [1.54, 1.807) is 12.1 Å². The lowest BCUT2D eigenvalue weighted by molar-refractivity contribution is -0.136. The summed E-state index contributed by atoms with van der Waals surface area (Å²) in [7, 11) is 1.54. The summed E-state index contributed by atoms with van der Waals surface area (Å²) in [6.07, 6.45) is 3.46. The molecule has 2 N–H and O–H groups in total. The minimum absolute atomic E-state index is 0.445. The molecule has 0 radical (unpaired) electrons. The van der Waals surface area contributed by atoms with E-state index in [1.807, 2.05) is 24.8 Å². The first-order valence-corrected chi connectivity index (χ1v) is 10.8. The minimum Gasteiger partial charge on any atom is -0.495 e. The molecule has 27 heavy (non-hydrogen) atoms. The highest BCUT2D eigenvalue weighted by atomic mass is 32.2. The Morgan fingerprint density at radius 3 is 2.67 bits per heavy atom. The molecule has 148 valence electrons. The van der Waals surface area contributed by atoms with Gasteiger partial charge in [0.15, 0.2) is 0 Å². The third kappa shape index (κ3) is 5.39. The van der Waals surface area contributed by atoms with Crippen LogP contribution in [-0.4, -0.2) is 61.0 Å². The Labute approximate surface area is 165 Å². The van der Waals surface area contributed by atoms with Crippen molar-refractivity contribution in [3.05, 3.63) is 23.8 Å². The number of anilines is 1. The first-order valence-electron chi connectivity index (χ1n) is 9.62. The zero-order chi connectivity index (χ0) is 19.2. The second kappa shape index (κ2) is 9.46. The SMILES string of the molecule is COc1ccc(C)cc1NC(=O)C(=O)NCC1CCN(C2CCSC2)CC1. The fraction of sp³-hybridized carbons (Fsp3) is 0.600. The zero-order valence-electron chi connectivity index (χ0n) is 16.1. The van der Waals surface area contributed by atoms with Gasteiger partial charge < -0.3 is 15.4 Å². The van der Waals surface area contributed by atoms with Crippen molar-refractivity contribution in [1.29, 1.82) is 0 Å². The molecular formula is C20H29N3O3S. The average molecular weight is 392 g/mol. The largest absolute Gasteiger partial charge is 0.495 e. The Morgan fingerprint density at radius 2 is 2.00 bits per heavy atom. The summed E-state index contributed by atoms with van der Waals surface area (Å²) in [5.74, 6) is 2.28. The highest BCUT2D eigenvalue weighted by Crippen LogP contribution is 2.27. The second-order valence-corrected chi connectivity index (χ2v) is 8.51. The summed E-state index contributed by atoms with van der Waals surface area (Å²) >= 11 is 2.05. The fourth-order valence-electron chi connectivity index (χ4n) is 3.75. The monoisotopic (exact) mass is 391 g/mol. The zero-order valence-corrected chi connectivity index (χ0v) is 16.9. The average Bonchev–Trinajstić information content (AvgIpc) is 3.21. The van der Waals surface area contributed by atoms with Crippen LogP contribution in [0, 0.1) is 12.8 Å². The summed E-state index contributed by atoms with van der Waals surface area (Å²) in [6, 6.07) is 6.20. The number of nitrogens with zero attached hydrogens (tertiary/aromatic N) is 1. The van der Waals surface area contributed by atoms with E-state index in [-0.39, 0.29) is 0 Å². The number of hydrogen-bond acceptors (Lipinski definition) is 5. The van der Waals surface area contributed by atoms with Crippen LogP contribution >= 0.6 is 11.8 Å². The molecule has 2 aliphatic heterocycles. The molecule has 1 unspecified atom stereocenters. The van der Waals surface area contributed by atoms with Gasteiger partial charge >= 0.3 is 11.8 Å². The number of amides is 2. The number of thioether (sulfide) groups is 1. The topological polar surface area (TPSA) is 70.7 Å². The number of piperidine rings is 1. The maximum atomic E-state index is 12.2. The van der Waals surface area contributed by atoms with Crippen molar-refractivity contribution in [2.24, 2.45) is 5.92 Å². The van der Waals surface area contributed by atoms with Gasteiger partial charge in [-0.15, -0.1) is 0 Å². The lowest BCUT2D eigenvalue weighted by Crippen LogP contribution is -2.45. The maximum Gasteiger partial charge on any atom is 0.313 e. The van der Waals surface area contributed by atoms with E-state index < -0.39 is 11.8 Å². The molecule has 1 aromatic rings. The Bertz CT molecular complexity index is 668. The Hall–Kier alpha value is -1.73. The molecule has 6 nitrogen and oxygen atoms in total. The van der Waals surface area contributed by atoms with E-state index in [0.29, 0.717) is 23.9 Å². The molecule has 2 heterocycles.